The Morgan fingerprint density at radius 2 is 2.05 bits per heavy atom. The van der Waals surface area contributed by atoms with Gasteiger partial charge < -0.3 is 9.84 Å². The SMILES string of the molecule is CC(C)(C)n1ncc(C(=O)O)c1CN1CCOCC1. The van der Waals surface area contributed by atoms with Gasteiger partial charge in [-0.25, -0.2) is 4.79 Å². The molecule has 0 spiro atoms. The van der Waals surface area contributed by atoms with Crippen LogP contribution >= 0.6 is 0 Å². The minimum Gasteiger partial charge on any atom is -0.478 e. The van der Waals surface area contributed by atoms with E-state index in [0.29, 0.717) is 25.3 Å². The second-order valence-electron chi connectivity index (χ2n) is 5.78. The van der Waals surface area contributed by atoms with E-state index in [1.165, 1.54) is 6.20 Å². The number of carbonyl (C=O) groups is 1. The van der Waals surface area contributed by atoms with Crippen LogP contribution in [0.15, 0.2) is 6.20 Å². The van der Waals surface area contributed by atoms with Gasteiger partial charge in [0.25, 0.3) is 0 Å². The maximum absolute atomic E-state index is 11.3. The summed E-state index contributed by atoms with van der Waals surface area (Å²) in [5, 5.41) is 13.5. The third kappa shape index (κ3) is 3.13. The molecule has 6 nitrogen and oxygen atoms in total. The fourth-order valence-electron chi connectivity index (χ4n) is 2.25. The van der Waals surface area contributed by atoms with Gasteiger partial charge in [0.15, 0.2) is 0 Å². The maximum atomic E-state index is 11.3. The molecule has 1 aliphatic rings. The van der Waals surface area contributed by atoms with Crippen molar-refractivity contribution in [3.8, 4) is 0 Å². The molecule has 1 fully saturated rings. The zero-order chi connectivity index (χ0) is 14.0. The van der Waals surface area contributed by atoms with Gasteiger partial charge in [-0.05, 0) is 20.8 Å². The highest BCUT2D eigenvalue weighted by molar-refractivity contribution is 5.88. The van der Waals surface area contributed by atoms with Crippen LogP contribution in [0, 0.1) is 0 Å². The lowest BCUT2D eigenvalue weighted by atomic mass is 10.1. The van der Waals surface area contributed by atoms with Crippen LogP contribution in [0.1, 0.15) is 36.8 Å². The maximum Gasteiger partial charge on any atom is 0.339 e. The van der Waals surface area contributed by atoms with Crippen molar-refractivity contribution in [2.75, 3.05) is 26.3 Å². The van der Waals surface area contributed by atoms with E-state index in [9.17, 15) is 9.90 Å². The van der Waals surface area contributed by atoms with Gasteiger partial charge in [-0.1, -0.05) is 0 Å². The first-order valence-electron chi connectivity index (χ1n) is 6.50. The Morgan fingerprint density at radius 1 is 1.42 bits per heavy atom. The van der Waals surface area contributed by atoms with Crippen molar-refractivity contribution >= 4 is 5.97 Å². The summed E-state index contributed by atoms with van der Waals surface area (Å²) in [6.07, 6.45) is 1.45. The number of hydrogen-bond donors (Lipinski definition) is 1. The zero-order valence-corrected chi connectivity index (χ0v) is 11.7. The third-order valence-corrected chi connectivity index (χ3v) is 3.21. The molecule has 0 aliphatic carbocycles. The van der Waals surface area contributed by atoms with Crippen molar-refractivity contribution in [2.45, 2.75) is 32.9 Å². The highest BCUT2D eigenvalue weighted by atomic mass is 16.5. The lowest BCUT2D eigenvalue weighted by Gasteiger charge is -2.29. The Balaban J connectivity index is 2.29. The Bertz CT molecular complexity index is 456. The first kappa shape index (κ1) is 14.0. The average Bonchev–Trinajstić information content (AvgIpc) is 2.74. The molecular formula is C13H21N3O3. The van der Waals surface area contributed by atoms with Gasteiger partial charge in [0.05, 0.1) is 30.6 Å². The van der Waals surface area contributed by atoms with Gasteiger partial charge in [-0.2, -0.15) is 5.10 Å². The van der Waals surface area contributed by atoms with E-state index in [1.807, 2.05) is 25.5 Å². The summed E-state index contributed by atoms with van der Waals surface area (Å²) >= 11 is 0. The molecule has 0 aromatic carbocycles. The van der Waals surface area contributed by atoms with E-state index in [2.05, 4.69) is 10.00 Å². The first-order chi connectivity index (χ1) is 8.89. The van der Waals surface area contributed by atoms with Crippen molar-refractivity contribution in [2.24, 2.45) is 0 Å². The molecule has 1 saturated heterocycles. The summed E-state index contributed by atoms with van der Waals surface area (Å²) in [4.78, 5) is 13.5. The fraction of sp³-hybridized carbons (Fsp3) is 0.692. The van der Waals surface area contributed by atoms with Crippen LogP contribution in [0.4, 0.5) is 0 Å². The molecule has 1 N–H and O–H groups in total. The predicted molar refractivity (Wildman–Crippen MR) is 70.3 cm³/mol. The van der Waals surface area contributed by atoms with Crippen LogP contribution in [0.25, 0.3) is 0 Å². The molecule has 0 amide bonds. The number of ether oxygens (including phenoxy) is 1. The fourth-order valence-corrected chi connectivity index (χ4v) is 2.25. The summed E-state index contributed by atoms with van der Waals surface area (Å²) < 4.78 is 7.13. The molecule has 1 aromatic rings. The van der Waals surface area contributed by atoms with Gasteiger partial charge >= 0.3 is 5.97 Å². The van der Waals surface area contributed by atoms with Gasteiger partial charge in [0.2, 0.25) is 0 Å². The molecule has 0 atom stereocenters. The van der Waals surface area contributed by atoms with E-state index in [1.54, 1.807) is 0 Å². The number of carboxylic acids is 1. The number of carboxylic acid groups (broad SMARTS) is 1. The zero-order valence-electron chi connectivity index (χ0n) is 11.7. The van der Waals surface area contributed by atoms with Gasteiger partial charge in [-0.15, -0.1) is 0 Å². The first-order valence-corrected chi connectivity index (χ1v) is 6.50. The van der Waals surface area contributed by atoms with Crippen molar-refractivity contribution in [3.63, 3.8) is 0 Å². The molecular weight excluding hydrogens is 246 g/mol. The van der Waals surface area contributed by atoms with Gasteiger partial charge in [-0.3, -0.25) is 9.58 Å². The number of aromatic carboxylic acids is 1. The summed E-state index contributed by atoms with van der Waals surface area (Å²) in [5.74, 6) is -0.918. The summed E-state index contributed by atoms with van der Waals surface area (Å²) in [7, 11) is 0. The lowest BCUT2D eigenvalue weighted by molar-refractivity contribution is 0.0322. The summed E-state index contributed by atoms with van der Waals surface area (Å²) in [5.41, 5.74) is 0.832. The molecule has 2 heterocycles. The molecule has 1 aliphatic heterocycles. The van der Waals surface area contributed by atoms with Gasteiger partial charge in [0, 0.05) is 19.6 Å². The minimum absolute atomic E-state index is 0.227. The number of aromatic nitrogens is 2. The second-order valence-corrected chi connectivity index (χ2v) is 5.78. The lowest BCUT2D eigenvalue weighted by Crippen LogP contribution is -2.38. The third-order valence-electron chi connectivity index (χ3n) is 3.21. The molecule has 6 heteroatoms. The van der Waals surface area contributed by atoms with E-state index in [0.717, 1.165) is 18.8 Å². The smallest absolute Gasteiger partial charge is 0.339 e. The minimum atomic E-state index is -0.918. The van der Waals surface area contributed by atoms with Crippen LogP contribution < -0.4 is 0 Å². The molecule has 0 radical (unpaired) electrons. The second kappa shape index (κ2) is 5.30. The molecule has 19 heavy (non-hydrogen) atoms. The van der Waals surface area contributed by atoms with Crippen LogP contribution in [0.5, 0.6) is 0 Å². The van der Waals surface area contributed by atoms with E-state index in [-0.39, 0.29) is 5.54 Å². The number of hydrogen-bond acceptors (Lipinski definition) is 4. The standard InChI is InChI=1S/C13H21N3O3/c1-13(2,3)16-11(10(8-14-16)12(17)18)9-15-4-6-19-7-5-15/h8H,4-7,9H2,1-3H3,(H,17,18). The van der Waals surface area contributed by atoms with Crippen LogP contribution in [-0.4, -0.2) is 52.1 Å². The Kier molecular flexibility index (Phi) is 3.91. The topological polar surface area (TPSA) is 67.6 Å². The molecule has 0 saturated carbocycles. The number of rotatable bonds is 3. The van der Waals surface area contributed by atoms with Crippen LogP contribution in [-0.2, 0) is 16.8 Å². The quantitative estimate of drug-likeness (QED) is 0.890. The van der Waals surface area contributed by atoms with E-state index < -0.39 is 5.97 Å². The highest BCUT2D eigenvalue weighted by Gasteiger charge is 2.25. The van der Waals surface area contributed by atoms with Crippen molar-refractivity contribution < 1.29 is 14.6 Å². The molecule has 2 rings (SSSR count). The molecule has 1 aromatic heterocycles. The molecule has 106 valence electrons. The normalized spacial score (nSPS) is 17.6. The predicted octanol–water partition coefficient (Wildman–Crippen LogP) is 1.17. The summed E-state index contributed by atoms with van der Waals surface area (Å²) in [6, 6.07) is 0. The van der Waals surface area contributed by atoms with Crippen molar-refractivity contribution in [1.82, 2.24) is 14.7 Å². The molecule has 0 unspecified atom stereocenters. The Labute approximate surface area is 113 Å². The largest absolute Gasteiger partial charge is 0.478 e. The van der Waals surface area contributed by atoms with E-state index in [4.69, 9.17) is 4.74 Å². The van der Waals surface area contributed by atoms with Crippen LogP contribution in [0.3, 0.4) is 0 Å². The van der Waals surface area contributed by atoms with Crippen molar-refractivity contribution in [3.05, 3.63) is 17.5 Å². The van der Waals surface area contributed by atoms with Gasteiger partial charge in [0.1, 0.15) is 5.56 Å². The number of morpholine rings is 1. The molecule has 0 bridgehead atoms. The number of nitrogens with zero attached hydrogens (tertiary/aromatic N) is 3. The van der Waals surface area contributed by atoms with E-state index >= 15 is 0 Å². The average molecular weight is 267 g/mol. The summed E-state index contributed by atoms with van der Waals surface area (Å²) in [6.45, 7) is 9.72. The van der Waals surface area contributed by atoms with Crippen molar-refractivity contribution in [1.29, 1.82) is 0 Å². The van der Waals surface area contributed by atoms with Crippen LogP contribution in [0.2, 0.25) is 0 Å². The highest BCUT2D eigenvalue weighted by Crippen LogP contribution is 2.21. The Hall–Kier alpha value is -1.40. The monoisotopic (exact) mass is 267 g/mol. The Morgan fingerprint density at radius 3 is 2.58 bits per heavy atom.